The van der Waals surface area contributed by atoms with Crippen molar-refractivity contribution in [2.45, 2.75) is 78.6 Å². The van der Waals surface area contributed by atoms with Gasteiger partial charge in [-0.1, -0.05) is 65.7 Å². The first-order valence-corrected chi connectivity index (χ1v) is 7.27. The Hall–Kier alpha value is -0.0400. The Labute approximate surface area is 103 Å². The van der Waals surface area contributed by atoms with Gasteiger partial charge in [-0.05, 0) is 31.8 Å². The summed E-state index contributed by atoms with van der Waals surface area (Å²) < 4.78 is 0. The predicted octanol–water partition coefficient (Wildman–Crippen LogP) is 4.76. The fourth-order valence-electron chi connectivity index (χ4n) is 2.15. The van der Waals surface area contributed by atoms with Crippen molar-refractivity contribution in [2.24, 2.45) is 5.41 Å². The Morgan fingerprint density at radius 3 is 1.94 bits per heavy atom. The maximum absolute atomic E-state index is 3.25. The van der Waals surface area contributed by atoms with Crippen molar-refractivity contribution in [1.29, 1.82) is 0 Å². The zero-order chi connectivity index (χ0) is 12.3. The van der Waals surface area contributed by atoms with Gasteiger partial charge in [0.1, 0.15) is 0 Å². The number of unbranched alkanes of at least 4 members (excludes halogenated alkanes) is 6. The molecular weight excluding hydrogens is 194 g/mol. The molecule has 0 aliphatic carbocycles. The van der Waals surface area contributed by atoms with Crippen LogP contribution in [0.2, 0.25) is 0 Å². The molecule has 0 spiro atoms. The molecule has 1 heteroatoms. The van der Waals surface area contributed by atoms with E-state index in [2.05, 4.69) is 26.1 Å². The topological polar surface area (TPSA) is 12.0 Å². The normalized spacial score (nSPS) is 12.0. The molecule has 0 radical (unpaired) electrons. The van der Waals surface area contributed by atoms with E-state index < -0.39 is 0 Å². The molecule has 1 nitrogen and oxygen atoms in total. The summed E-state index contributed by atoms with van der Waals surface area (Å²) in [4.78, 5) is 0. The Morgan fingerprint density at radius 2 is 1.38 bits per heavy atom. The fraction of sp³-hybridized carbons (Fsp3) is 1.00. The summed E-state index contributed by atoms with van der Waals surface area (Å²) in [6, 6.07) is 0. The van der Waals surface area contributed by atoms with Gasteiger partial charge in [0.05, 0.1) is 0 Å². The van der Waals surface area contributed by atoms with Gasteiger partial charge in [0.2, 0.25) is 0 Å². The maximum Gasteiger partial charge on any atom is -0.00468 e. The van der Waals surface area contributed by atoms with Crippen LogP contribution >= 0.6 is 0 Å². The maximum atomic E-state index is 3.25. The van der Waals surface area contributed by atoms with Crippen molar-refractivity contribution in [3.63, 3.8) is 0 Å². The van der Waals surface area contributed by atoms with Gasteiger partial charge in [0.25, 0.3) is 0 Å². The van der Waals surface area contributed by atoms with E-state index in [-0.39, 0.29) is 0 Å². The first-order chi connectivity index (χ1) is 7.62. The predicted molar refractivity (Wildman–Crippen MR) is 74.9 cm³/mol. The average Bonchev–Trinajstić information content (AvgIpc) is 2.25. The minimum atomic E-state index is 0.534. The molecule has 0 unspecified atom stereocenters. The van der Waals surface area contributed by atoms with E-state index in [1.807, 2.05) is 7.05 Å². The zero-order valence-corrected chi connectivity index (χ0v) is 12.1. The van der Waals surface area contributed by atoms with E-state index >= 15 is 0 Å². The second kappa shape index (κ2) is 10.1. The van der Waals surface area contributed by atoms with Crippen molar-refractivity contribution in [2.75, 3.05) is 13.6 Å². The third kappa shape index (κ3) is 10.5. The van der Waals surface area contributed by atoms with E-state index in [4.69, 9.17) is 0 Å². The summed E-state index contributed by atoms with van der Waals surface area (Å²) in [7, 11) is 2.05. The van der Waals surface area contributed by atoms with E-state index in [1.54, 1.807) is 0 Å². The molecular formula is C15H33N. The van der Waals surface area contributed by atoms with Gasteiger partial charge in [-0.15, -0.1) is 0 Å². The van der Waals surface area contributed by atoms with Crippen molar-refractivity contribution in [1.82, 2.24) is 5.32 Å². The molecule has 0 saturated carbocycles. The molecule has 0 fully saturated rings. The number of hydrogen-bond acceptors (Lipinski definition) is 1. The lowest BCUT2D eigenvalue weighted by molar-refractivity contribution is 0.292. The second-order valence-electron chi connectivity index (χ2n) is 5.89. The van der Waals surface area contributed by atoms with Gasteiger partial charge in [-0.25, -0.2) is 0 Å². The minimum absolute atomic E-state index is 0.534. The van der Waals surface area contributed by atoms with E-state index in [0.29, 0.717) is 5.41 Å². The molecule has 0 aliphatic rings. The van der Waals surface area contributed by atoms with Crippen molar-refractivity contribution in [3.05, 3.63) is 0 Å². The van der Waals surface area contributed by atoms with Crippen LogP contribution in [0.4, 0.5) is 0 Å². The largest absolute Gasteiger partial charge is 0.320 e. The lowest BCUT2D eigenvalue weighted by Crippen LogP contribution is -2.19. The first kappa shape index (κ1) is 16.0. The summed E-state index contributed by atoms with van der Waals surface area (Å²) in [5.41, 5.74) is 0.534. The second-order valence-corrected chi connectivity index (χ2v) is 5.89. The summed E-state index contributed by atoms with van der Waals surface area (Å²) in [6.07, 6.45) is 12.7. The van der Waals surface area contributed by atoms with Gasteiger partial charge in [0.15, 0.2) is 0 Å². The standard InChI is InChI=1S/C15H33N/c1-5-6-7-8-9-10-11-12-15(2,3)13-14-16-4/h16H,5-14H2,1-4H3. The molecule has 0 amide bonds. The summed E-state index contributed by atoms with van der Waals surface area (Å²) in [6.45, 7) is 8.25. The van der Waals surface area contributed by atoms with Crippen LogP contribution < -0.4 is 5.32 Å². The Morgan fingerprint density at radius 1 is 0.812 bits per heavy atom. The molecule has 1 N–H and O–H groups in total. The minimum Gasteiger partial charge on any atom is -0.320 e. The molecule has 0 aromatic heterocycles. The van der Waals surface area contributed by atoms with Crippen LogP contribution in [0, 0.1) is 5.41 Å². The van der Waals surface area contributed by atoms with Gasteiger partial charge in [-0.3, -0.25) is 0 Å². The van der Waals surface area contributed by atoms with Gasteiger partial charge in [-0.2, -0.15) is 0 Å². The van der Waals surface area contributed by atoms with Crippen LogP contribution in [0.15, 0.2) is 0 Å². The Kier molecular flexibility index (Phi) is 10.1. The quantitative estimate of drug-likeness (QED) is 0.502. The van der Waals surface area contributed by atoms with Crippen LogP contribution in [-0.2, 0) is 0 Å². The highest BCUT2D eigenvalue weighted by molar-refractivity contribution is 4.69. The van der Waals surface area contributed by atoms with Crippen LogP contribution in [0.3, 0.4) is 0 Å². The summed E-state index contributed by atoms with van der Waals surface area (Å²) >= 11 is 0. The molecule has 0 rings (SSSR count). The van der Waals surface area contributed by atoms with Crippen LogP contribution in [0.1, 0.15) is 78.6 Å². The molecule has 98 valence electrons. The molecule has 0 saturated heterocycles. The highest BCUT2D eigenvalue weighted by Crippen LogP contribution is 2.27. The molecule has 0 aliphatic heterocycles. The summed E-state index contributed by atoms with van der Waals surface area (Å²) in [5.74, 6) is 0. The van der Waals surface area contributed by atoms with Crippen molar-refractivity contribution >= 4 is 0 Å². The van der Waals surface area contributed by atoms with Crippen LogP contribution in [0.5, 0.6) is 0 Å². The van der Waals surface area contributed by atoms with Crippen molar-refractivity contribution in [3.8, 4) is 0 Å². The zero-order valence-electron chi connectivity index (χ0n) is 12.1. The Bertz CT molecular complexity index is 140. The first-order valence-electron chi connectivity index (χ1n) is 7.27. The number of nitrogens with one attached hydrogen (secondary N) is 1. The molecule has 0 aromatic carbocycles. The smallest absolute Gasteiger partial charge is 0.00468 e. The molecule has 0 atom stereocenters. The average molecular weight is 227 g/mol. The van der Waals surface area contributed by atoms with E-state index in [1.165, 1.54) is 57.8 Å². The van der Waals surface area contributed by atoms with Crippen molar-refractivity contribution < 1.29 is 0 Å². The number of hydrogen-bond donors (Lipinski definition) is 1. The third-order valence-corrected chi connectivity index (χ3v) is 3.51. The van der Waals surface area contributed by atoms with Gasteiger partial charge >= 0.3 is 0 Å². The Balaban J connectivity index is 3.29. The molecule has 0 heterocycles. The summed E-state index contributed by atoms with van der Waals surface area (Å²) in [5, 5.41) is 3.25. The SMILES string of the molecule is CCCCCCCCCC(C)(C)CCNC. The highest BCUT2D eigenvalue weighted by atomic mass is 14.8. The lowest BCUT2D eigenvalue weighted by Gasteiger charge is -2.24. The van der Waals surface area contributed by atoms with Crippen LogP contribution in [-0.4, -0.2) is 13.6 Å². The molecule has 0 aromatic rings. The fourth-order valence-corrected chi connectivity index (χ4v) is 2.15. The third-order valence-electron chi connectivity index (χ3n) is 3.51. The van der Waals surface area contributed by atoms with E-state index in [0.717, 1.165) is 6.54 Å². The molecule has 0 bridgehead atoms. The lowest BCUT2D eigenvalue weighted by atomic mass is 9.83. The van der Waals surface area contributed by atoms with Gasteiger partial charge in [0, 0.05) is 0 Å². The van der Waals surface area contributed by atoms with E-state index in [9.17, 15) is 0 Å². The van der Waals surface area contributed by atoms with Gasteiger partial charge < -0.3 is 5.32 Å². The monoisotopic (exact) mass is 227 g/mol. The van der Waals surface area contributed by atoms with Crippen LogP contribution in [0.25, 0.3) is 0 Å². The highest BCUT2D eigenvalue weighted by Gasteiger charge is 2.15. The number of rotatable bonds is 11. The molecule has 16 heavy (non-hydrogen) atoms.